The number of thiophene rings is 1. The first-order chi connectivity index (χ1) is 8.90. The Morgan fingerprint density at radius 3 is 2.53 bits per heavy atom. The molecule has 19 heavy (non-hydrogen) atoms. The van der Waals surface area contributed by atoms with Crippen molar-refractivity contribution in [2.24, 2.45) is 0 Å². The average molecular weight is 296 g/mol. The molecule has 0 fully saturated rings. The average Bonchev–Trinajstić information content (AvgIpc) is 3.00. The summed E-state index contributed by atoms with van der Waals surface area (Å²) in [5, 5.41) is 14.3. The van der Waals surface area contributed by atoms with Gasteiger partial charge in [-0.25, -0.2) is 9.78 Å². The molecule has 0 saturated carbocycles. The molecule has 2 heterocycles. The van der Waals surface area contributed by atoms with Crippen molar-refractivity contribution in [2.45, 2.75) is 19.4 Å². The molecule has 0 atom stereocenters. The number of carboxylic acids is 1. The predicted molar refractivity (Wildman–Crippen MR) is 73.9 cm³/mol. The lowest BCUT2D eigenvalue weighted by Gasteiger charge is -2.23. The van der Waals surface area contributed by atoms with Gasteiger partial charge in [-0.15, -0.1) is 22.7 Å². The lowest BCUT2D eigenvalue weighted by atomic mass is 10.1. The highest BCUT2D eigenvalue weighted by molar-refractivity contribution is 7.15. The fraction of sp³-hybridized carbons (Fsp3) is 0.250. The van der Waals surface area contributed by atoms with E-state index in [2.05, 4.69) is 10.3 Å². The number of aromatic carboxylic acids is 1. The molecule has 0 aliphatic rings. The van der Waals surface area contributed by atoms with E-state index < -0.39 is 11.5 Å². The highest BCUT2D eigenvalue weighted by Gasteiger charge is 2.26. The molecule has 2 N–H and O–H groups in total. The van der Waals surface area contributed by atoms with Crippen LogP contribution in [0.1, 0.15) is 38.2 Å². The van der Waals surface area contributed by atoms with Gasteiger partial charge in [0.1, 0.15) is 9.88 Å². The first kappa shape index (κ1) is 13.7. The highest BCUT2D eigenvalue weighted by atomic mass is 32.1. The van der Waals surface area contributed by atoms with Gasteiger partial charge in [-0.1, -0.05) is 0 Å². The summed E-state index contributed by atoms with van der Waals surface area (Å²) < 4.78 is 0. The summed E-state index contributed by atoms with van der Waals surface area (Å²) in [5.41, 5.74) is -0.585. The minimum Gasteiger partial charge on any atom is -0.477 e. The number of carbonyl (C=O) groups excluding carboxylic acids is 1. The topological polar surface area (TPSA) is 79.3 Å². The molecule has 1 amide bonds. The fourth-order valence-corrected chi connectivity index (χ4v) is 2.96. The van der Waals surface area contributed by atoms with Crippen LogP contribution >= 0.6 is 22.7 Å². The van der Waals surface area contributed by atoms with Gasteiger partial charge < -0.3 is 10.4 Å². The van der Waals surface area contributed by atoms with Crippen molar-refractivity contribution in [3.8, 4) is 0 Å². The van der Waals surface area contributed by atoms with Gasteiger partial charge in [0, 0.05) is 11.6 Å². The molecular formula is C12H12N2O3S2. The van der Waals surface area contributed by atoms with Crippen molar-refractivity contribution in [1.82, 2.24) is 10.3 Å². The monoisotopic (exact) mass is 296 g/mol. The standard InChI is InChI=1S/C12H12N2O3S2/c1-12(2,11-13-5-6-18-11)14-9(15)7-3-4-8(19-7)10(16)17/h3-6H,1-2H3,(H,14,15)(H,16,17). The molecule has 2 aromatic rings. The minimum atomic E-state index is -1.02. The van der Waals surface area contributed by atoms with Crippen LogP contribution in [0.2, 0.25) is 0 Å². The van der Waals surface area contributed by atoms with E-state index in [1.807, 2.05) is 19.2 Å². The van der Waals surface area contributed by atoms with Crippen LogP contribution in [0.15, 0.2) is 23.7 Å². The Hall–Kier alpha value is -1.73. The van der Waals surface area contributed by atoms with E-state index in [1.165, 1.54) is 23.5 Å². The SMILES string of the molecule is CC(C)(NC(=O)c1ccc(C(=O)O)s1)c1nccs1. The summed E-state index contributed by atoms with van der Waals surface area (Å²) in [7, 11) is 0. The van der Waals surface area contributed by atoms with Gasteiger partial charge in [-0.3, -0.25) is 4.79 Å². The van der Waals surface area contributed by atoms with Gasteiger partial charge >= 0.3 is 5.97 Å². The van der Waals surface area contributed by atoms with Crippen LogP contribution < -0.4 is 5.32 Å². The van der Waals surface area contributed by atoms with Crippen molar-refractivity contribution in [3.63, 3.8) is 0 Å². The van der Waals surface area contributed by atoms with Crippen LogP contribution in [-0.2, 0) is 5.54 Å². The molecular weight excluding hydrogens is 284 g/mol. The molecule has 0 aromatic carbocycles. The zero-order valence-corrected chi connectivity index (χ0v) is 12.0. The summed E-state index contributed by atoms with van der Waals surface area (Å²) in [4.78, 5) is 27.6. The fourth-order valence-electron chi connectivity index (χ4n) is 1.51. The van der Waals surface area contributed by atoms with E-state index >= 15 is 0 Å². The smallest absolute Gasteiger partial charge is 0.345 e. The number of aromatic nitrogens is 1. The van der Waals surface area contributed by atoms with Crippen LogP contribution in [0.4, 0.5) is 0 Å². The zero-order valence-electron chi connectivity index (χ0n) is 10.3. The van der Waals surface area contributed by atoms with Gasteiger partial charge in [0.25, 0.3) is 5.91 Å². The Morgan fingerprint density at radius 1 is 1.32 bits per heavy atom. The number of nitrogens with zero attached hydrogens (tertiary/aromatic N) is 1. The van der Waals surface area contributed by atoms with E-state index in [4.69, 9.17) is 5.11 Å². The third-order valence-electron chi connectivity index (χ3n) is 2.43. The van der Waals surface area contributed by atoms with Crippen LogP contribution in [0.3, 0.4) is 0 Å². The van der Waals surface area contributed by atoms with Crippen LogP contribution in [-0.4, -0.2) is 22.0 Å². The maximum absolute atomic E-state index is 12.1. The third-order valence-corrected chi connectivity index (χ3v) is 4.60. The highest BCUT2D eigenvalue weighted by Crippen LogP contribution is 2.24. The number of hydrogen-bond donors (Lipinski definition) is 2. The molecule has 0 bridgehead atoms. The second-order valence-corrected chi connectivity index (χ2v) is 6.36. The number of nitrogens with one attached hydrogen (secondary N) is 1. The Balaban J connectivity index is 2.14. The van der Waals surface area contributed by atoms with Crippen LogP contribution in [0, 0.1) is 0 Å². The quantitative estimate of drug-likeness (QED) is 0.908. The number of hydrogen-bond acceptors (Lipinski definition) is 5. The van der Waals surface area contributed by atoms with Gasteiger partial charge in [-0.05, 0) is 26.0 Å². The lowest BCUT2D eigenvalue weighted by molar-refractivity contribution is 0.0702. The number of carboxylic acid groups (broad SMARTS) is 1. The summed E-state index contributed by atoms with van der Waals surface area (Å²) in [6.07, 6.45) is 1.68. The molecule has 2 rings (SSSR count). The largest absolute Gasteiger partial charge is 0.477 e. The Labute approximate surface area is 117 Å². The molecule has 0 aliphatic carbocycles. The molecule has 0 radical (unpaired) electrons. The minimum absolute atomic E-state index is 0.150. The van der Waals surface area contributed by atoms with Crippen molar-refractivity contribution < 1.29 is 14.7 Å². The Kier molecular flexibility index (Phi) is 3.68. The van der Waals surface area contributed by atoms with E-state index in [1.54, 1.807) is 6.20 Å². The summed E-state index contributed by atoms with van der Waals surface area (Å²) >= 11 is 2.42. The number of amides is 1. The van der Waals surface area contributed by atoms with Gasteiger partial charge in [0.15, 0.2) is 0 Å². The van der Waals surface area contributed by atoms with Crippen molar-refractivity contribution >= 4 is 34.6 Å². The normalized spacial score (nSPS) is 11.3. The summed E-state index contributed by atoms with van der Waals surface area (Å²) in [5.74, 6) is -1.32. The molecule has 0 unspecified atom stereocenters. The molecule has 0 spiro atoms. The van der Waals surface area contributed by atoms with E-state index in [0.29, 0.717) is 4.88 Å². The van der Waals surface area contributed by atoms with Crippen molar-refractivity contribution in [2.75, 3.05) is 0 Å². The van der Waals surface area contributed by atoms with E-state index in [0.717, 1.165) is 16.3 Å². The lowest BCUT2D eigenvalue weighted by Crippen LogP contribution is -2.40. The number of carbonyl (C=O) groups is 2. The van der Waals surface area contributed by atoms with Crippen molar-refractivity contribution in [3.05, 3.63) is 38.5 Å². The molecule has 100 valence electrons. The van der Waals surface area contributed by atoms with Crippen LogP contribution in [0.25, 0.3) is 0 Å². The van der Waals surface area contributed by atoms with Crippen molar-refractivity contribution in [1.29, 1.82) is 0 Å². The predicted octanol–water partition coefficient (Wildman–Crippen LogP) is 2.57. The second-order valence-electron chi connectivity index (χ2n) is 4.39. The molecule has 0 saturated heterocycles. The summed E-state index contributed by atoms with van der Waals surface area (Å²) in [6.45, 7) is 3.71. The molecule has 2 aromatic heterocycles. The van der Waals surface area contributed by atoms with E-state index in [-0.39, 0.29) is 10.8 Å². The third kappa shape index (κ3) is 2.99. The zero-order chi connectivity index (χ0) is 14.0. The second kappa shape index (κ2) is 5.10. The number of rotatable bonds is 4. The van der Waals surface area contributed by atoms with Gasteiger partial charge in [-0.2, -0.15) is 0 Å². The van der Waals surface area contributed by atoms with Crippen LogP contribution in [0.5, 0.6) is 0 Å². The first-order valence-corrected chi connectivity index (χ1v) is 7.15. The molecule has 7 heteroatoms. The maximum atomic E-state index is 12.1. The maximum Gasteiger partial charge on any atom is 0.345 e. The van der Waals surface area contributed by atoms with E-state index in [9.17, 15) is 9.59 Å². The number of thiazole rings is 1. The Bertz CT molecular complexity index is 602. The first-order valence-electron chi connectivity index (χ1n) is 5.46. The summed E-state index contributed by atoms with van der Waals surface area (Å²) in [6, 6.07) is 2.94. The van der Waals surface area contributed by atoms with Gasteiger partial charge in [0.2, 0.25) is 0 Å². The Morgan fingerprint density at radius 2 is 2.00 bits per heavy atom. The molecule has 5 nitrogen and oxygen atoms in total. The molecule has 0 aliphatic heterocycles. The van der Waals surface area contributed by atoms with Gasteiger partial charge in [0.05, 0.1) is 10.4 Å².